The molecule has 1 aromatic carbocycles. The molecule has 2 amide bonds. The summed E-state index contributed by atoms with van der Waals surface area (Å²) in [5.74, 6) is 1.32. The topological polar surface area (TPSA) is 83.7 Å². The molecule has 0 spiro atoms. The average molecular weight is 332 g/mol. The van der Waals surface area contributed by atoms with Crippen LogP contribution in [-0.2, 0) is 6.54 Å². The zero-order valence-electron chi connectivity index (χ0n) is 14.2. The minimum atomic E-state index is -0.737. The quantitative estimate of drug-likeness (QED) is 0.728. The lowest BCUT2D eigenvalue weighted by atomic mass is 10.1. The third kappa shape index (κ3) is 5.03. The summed E-state index contributed by atoms with van der Waals surface area (Å²) in [5, 5.41) is 15.6. The fraction of sp³-hybridized carbons (Fsp3) is 0.389. The lowest BCUT2D eigenvalue weighted by Crippen LogP contribution is -2.41. The number of hydrogen-bond donors (Lipinski definition) is 3. The molecule has 6 heteroatoms. The van der Waals surface area contributed by atoms with Gasteiger partial charge < -0.3 is 24.9 Å². The van der Waals surface area contributed by atoms with Gasteiger partial charge in [0.25, 0.3) is 0 Å². The molecule has 0 saturated carbocycles. The van der Waals surface area contributed by atoms with Crippen molar-refractivity contribution < 1.29 is 19.1 Å². The first-order valence-corrected chi connectivity index (χ1v) is 7.89. The Morgan fingerprint density at radius 3 is 2.79 bits per heavy atom. The van der Waals surface area contributed by atoms with Gasteiger partial charge in [-0.05, 0) is 43.2 Å². The molecule has 0 bridgehead atoms. The molecule has 0 saturated heterocycles. The maximum Gasteiger partial charge on any atom is 0.315 e. The molecule has 0 aliphatic heterocycles. The molecule has 0 fully saturated rings. The van der Waals surface area contributed by atoms with E-state index in [1.807, 2.05) is 32.0 Å². The highest BCUT2D eigenvalue weighted by Crippen LogP contribution is 2.19. The van der Waals surface area contributed by atoms with Crippen molar-refractivity contribution in [1.29, 1.82) is 0 Å². The number of hydrogen-bond acceptors (Lipinski definition) is 4. The molecule has 0 radical (unpaired) electrons. The lowest BCUT2D eigenvalue weighted by molar-refractivity contribution is 0.129. The number of aryl methyl sites for hydroxylation is 1. The van der Waals surface area contributed by atoms with Crippen LogP contribution in [-0.4, -0.2) is 24.3 Å². The van der Waals surface area contributed by atoms with Crippen molar-refractivity contribution in [1.82, 2.24) is 10.6 Å². The van der Waals surface area contributed by atoms with Crippen molar-refractivity contribution >= 4 is 6.03 Å². The van der Waals surface area contributed by atoms with E-state index in [4.69, 9.17) is 9.15 Å². The van der Waals surface area contributed by atoms with E-state index >= 15 is 0 Å². The highest BCUT2D eigenvalue weighted by molar-refractivity contribution is 5.74. The van der Waals surface area contributed by atoms with Crippen LogP contribution >= 0.6 is 0 Å². The Morgan fingerprint density at radius 1 is 1.38 bits per heavy atom. The van der Waals surface area contributed by atoms with Gasteiger partial charge in [-0.15, -0.1) is 0 Å². The molecule has 24 heavy (non-hydrogen) atoms. The summed E-state index contributed by atoms with van der Waals surface area (Å²) >= 11 is 0. The minimum Gasteiger partial charge on any atom is -0.496 e. The van der Waals surface area contributed by atoms with Gasteiger partial charge in [-0.1, -0.05) is 12.1 Å². The van der Waals surface area contributed by atoms with E-state index in [0.717, 1.165) is 16.9 Å². The fourth-order valence-corrected chi connectivity index (χ4v) is 2.50. The molecular weight excluding hydrogens is 308 g/mol. The second-order valence-corrected chi connectivity index (χ2v) is 5.80. The first-order chi connectivity index (χ1) is 11.5. The molecule has 2 aromatic rings. The van der Waals surface area contributed by atoms with Crippen LogP contribution in [0.5, 0.6) is 5.75 Å². The molecule has 3 N–H and O–H groups in total. The monoisotopic (exact) mass is 332 g/mol. The number of urea groups is 1. The number of carbonyl (C=O) groups excluding carboxylic acids is 1. The van der Waals surface area contributed by atoms with Crippen molar-refractivity contribution in [3.63, 3.8) is 0 Å². The number of benzene rings is 1. The van der Waals surface area contributed by atoms with Crippen molar-refractivity contribution in [3.8, 4) is 5.75 Å². The number of rotatable bonds is 7. The van der Waals surface area contributed by atoms with E-state index in [-0.39, 0.29) is 12.1 Å². The molecule has 0 unspecified atom stereocenters. The average Bonchev–Trinajstić information content (AvgIpc) is 3.07. The Labute approximate surface area is 141 Å². The zero-order valence-corrected chi connectivity index (χ0v) is 14.2. The van der Waals surface area contributed by atoms with Crippen LogP contribution in [0.2, 0.25) is 0 Å². The van der Waals surface area contributed by atoms with Crippen LogP contribution in [0.3, 0.4) is 0 Å². The van der Waals surface area contributed by atoms with Crippen LogP contribution in [0, 0.1) is 6.92 Å². The normalized spacial score (nSPS) is 13.2. The van der Waals surface area contributed by atoms with Crippen molar-refractivity contribution in [2.45, 2.75) is 39.0 Å². The highest BCUT2D eigenvalue weighted by Gasteiger charge is 2.16. The predicted molar refractivity (Wildman–Crippen MR) is 90.8 cm³/mol. The van der Waals surface area contributed by atoms with Gasteiger partial charge in [0, 0.05) is 19.0 Å². The van der Waals surface area contributed by atoms with Gasteiger partial charge in [-0.3, -0.25) is 0 Å². The Balaban J connectivity index is 1.77. The van der Waals surface area contributed by atoms with Crippen LogP contribution in [0.1, 0.15) is 36.3 Å². The maximum atomic E-state index is 12.0. The lowest BCUT2D eigenvalue weighted by Gasteiger charge is -2.17. The first kappa shape index (κ1) is 17.9. The Bertz CT molecular complexity index is 655. The SMILES string of the molecule is COc1ccc(CNC(=O)N[C@H](C)C[C@H](O)c2ccco2)cc1C. The van der Waals surface area contributed by atoms with Gasteiger partial charge in [-0.25, -0.2) is 4.79 Å². The summed E-state index contributed by atoms with van der Waals surface area (Å²) in [6, 6.07) is 8.74. The van der Waals surface area contributed by atoms with E-state index in [2.05, 4.69) is 10.6 Å². The molecule has 2 atom stereocenters. The van der Waals surface area contributed by atoms with Crippen molar-refractivity contribution in [2.24, 2.45) is 0 Å². The number of aliphatic hydroxyl groups excluding tert-OH is 1. The fourth-order valence-electron chi connectivity index (χ4n) is 2.50. The van der Waals surface area contributed by atoms with Crippen LogP contribution in [0.15, 0.2) is 41.0 Å². The van der Waals surface area contributed by atoms with Crippen molar-refractivity contribution in [2.75, 3.05) is 7.11 Å². The van der Waals surface area contributed by atoms with Gasteiger partial charge in [0.15, 0.2) is 0 Å². The molecule has 0 aliphatic rings. The molecule has 130 valence electrons. The number of ether oxygens (including phenoxy) is 1. The van der Waals surface area contributed by atoms with Crippen molar-refractivity contribution in [3.05, 3.63) is 53.5 Å². The third-order valence-corrected chi connectivity index (χ3v) is 3.74. The molecule has 6 nitrogen and oxygen atoms in total. The van der Waals surface area contributed by atoms with Gasteiger partial charge in [0.05, 0.1) is 13.4 Å². The Morgan fingerprint density at radius 2 is 2.17 bits per heavy atom. The number of amides is 2. The van der Waals surface area contributed by atoms with E-state index < -0.39 is 6.10 Å². The number of furan rings is 1. The second-order valence-electron chi connectivity index (χ2n) is 5.80. The van der Waals surface area contributed by atoms with Gasteiger partial charge in [0.1, 0.15) is 17.6 Å². The van der Waals surface area contributed by atoms with Gasteiger partial charge in [0.2, 0.25) is 0 Å². The summed E-state index contributed by atoms with van der Waals surface area (Å²) in [6.07, 6.45) is 1.16. The highest BCUT2D eigenvalue weighted by atomic mass is 16.5. The molecule has 2 rings (SSSR count). The Kier molecular flexibility index (Phi) is 6.26. The summed E-state index contributed by atoms with van der Waals surface area (Å²) in [4.78, 5) is 12.0. The van der Waals surface area contributed by atoms with E-state index in [1.54, 1.807) is 19.2 Å². The molecular formula is C18H24N2O4. The van der Waals surface area contributed by atoms with E-state index in [1.165, 1.54) is 6.26 Å². The summed E-state index contributed by atoms with van der Waals surface area (Å²) in [5.41, 5.74) is 2.01. The number of aliphatic hydroxyl groups is 1. The van der Waals surface area contributed by atoms with Crippen LogP contribution in [0.4, 0.5) is 4.79 Å². The van der Waals surface area contributed by atoms with Crippen LogP contribution in [0.25, 0.3) is 0 Å². The number of methoxy groups -OCH3 is 1. The standard InChI is InChI=1S/C18H24N2O4/c1-12-9-14(6-7-16(12)23-3)11-19-18(22)20-13(2)10-15(21)17-5-4-8-24-17/h4-9,13,15,21H,10-11H2,1-3H3,(H2,19,20,22)/t13-,15+/m1/s1. The number of carbonyl (C=O) groups is 1. The minimum absolute atomic E-state index is 0.192. The largest absolute Gasteiger partial charge is 0.496 e. The summed E-state index contributed by atoms with van der Waals surface area (Å²) in [6.45, 7) is 4.22. The Hall–Kier alpha value is -2.47. The number of nitrogens with one attached hydrogen (secondary N) is 2. The summed E-state index contributed by atoms with van der Waals surface area (Å²) in [7, 11) is 1.63. The first-order valence-electron chi connectivity index (χ1n) is 7.89. The molecule has 1 aromatic heterocycles. The van der Waals surface area contributed by atoms with E-state index in [0.29, 0.717) is 18.7 Å². The smallest absolute Gasteiger partial charge is 0.315 e. The van der Waals surface area contributed by atoms with Gasteiger partial charge >= 0.3 is 6.03 Å². The van der Waals surface area contributed by atoms with Crippen LogP contribution < -0.4 is 15.4 Å². The molecule has 1 heterocycles. The second kappa shape index (κ2) is 8.40. The maximum absolute atomic E-state index is 12.0. The predicted octanol–water partition coefficient (Wildman–Crippen LogP) is 2.91. The zero-order chi connectivity index (χ0) is 17.5. The van der Waals surface area contributed by atoms with Gasteiger partial charge in [-0.2, -0.15) is 0 Å². The van der Waals surface area contributed by atoms with E-state index in [9.17, 15) is 9.90 Å². The molecule has 0 aliphatic carbocycles. The summed E-state index contributed by atoms with van der Waals surface area (Å²) < 4.78 is 10.4. The third-order valence-electron chi connectivity index (χ3n) is 3.74.